The van der Waals surface area contributed by atoms with Gasteiger partial charge in [0.1, 0.15) is 35.5 Å². The Balaban J connectivity index is 1.59. The summed E-state index contributed by atoms with van der Waals surface area (Å²) in [4.78, 5) is 22.9. The Kier molecular flexibility index (Phi) is 9.36. The van der Waals surface area contributed by atoms with Gasteiger partial charge in [0.15, 0.2) is 23.2 Å². The molecule has 1 aliphatic heterocycles. The van der Waals surface area contributed by atoms with Crippen LogP contribution in [0, 0.1) is 0 Å². The minimum absolute atomic E-state index is 0.0855. The maximum absolute atomic E-state index is 14.4. The number of hydrogen-bond acceptors (Lipinski definition) is 12. The summed E-state index contributed by atoms with van der Waals surface area (Å²) in [7, 11) is -2.69. The van der Waals surface area contributed by atoms with Crippen LogP contribution in [0.1, 0.15) is 27.0 Å². The predicted molar refractivity (Wildman–Crippen MR) is 148 cm³/mol. The van der Waals surface area contributed by atoms with Crippen molar-refractivity contribution in [3.8, 4) is 5.75 Å². The van der Waals surface area contributed by atoms with Gasteiger partial charge in [-0.3, -0.25) is 13.9 Å². The van der Waals surface area contributed by atoms with E-state index in [0.29, 0.717) is 11.3 Å². The van der Waals surface area contributed by atoms with Crippen molar-refractivity contribution >= 4 is 48.2 Å². The predicted octanol–water partition coefficient (Wildman–Crippen LogP) is 2.79. The van der Waals surface area contributed by atoms with Crippen molar-refractivity contribution in [2.75, 3.05) is 31.4 Å². The zero-order valence-electron chi connectivity index (χ0n) is 22.7. The number of benzene rings is 1. The molecule has 14 nitrogen and oxygen atoms in total. The number of aliphatic hydroxyl groups is 1. The molecule has 1 saturated heterocycles. The number of alkyl halides is 2. The Morgan fingerprint density at radius 3 is 2.66 bits per heavy atom. The lowest BCUT2D eigenvalue weighted by Crippen LogP contribution is -2.44. The van der Waals surface area contributed by atoms with E-state index in [9.17, 15) is 18.9 Å². The Morgan fingerprint density at radius 1 is 1.32 bits per heavy atom. The van der Waals surface area contributed by atoms with Crippen LogP contribution < -0.4 is 20.7 Å². The van der Waals surface area contributed by atoms with E-state index in [1.165, 1.54) is 30.0 Å². The van der Waals surface area contributed by atoms with Crippen molar-refractivity contribution < 1.29 is 37.4 Å². The summed E-state index contributed by atoms with van der Waals surface area (Å²) >= 11 is 6.60. The third-order valence-electron chi connectivity index (χ3n) is 6.13. The van der Waals surface area contributed by atoms with Crippen molar-refractivity contribution in [1.82, 2.24) is 24.6 Å². The van der Waals surface area contributed by atoms with Crippen LogP contribution in [-0.2, 0) is 23.4 Å². The minimum atomic E-state index is -4.30. The summed E-state index contributed by atoms with van der Waals surface area (Å²) in [6, 6.07) is 7.01. The van der Waals surface area contributed by atoms with Crippen LogP contribution in [0.15, 0.2) is 36.7 Å². The van der Waals surface area contributed by atoms with E-state index < -0.39 is 62.5 Å². The number of nitrogens with two attached hydrogens (primary N) is 1. The molecule has 3 aromatic rings. The van der Waals surface area contributed by atoms with E-state index in [-0.39, 0.29) is 17.3 Å². The average molecular weight is 616 g/mol. The second kappa shape index (κ2) is 12.4. The quantitative estimate of drug-likeness (QED) is 0.133. The molecular weight excluding hydrogens is 584 g/mol. The summed E-state index contributed by atoms with van der Waals surface area (Å²) in [6.45, 7) is 2.98. The monoisotopic (exact) mass is 615 g/mol. The normalized spacial score (nSPS) is 24.7. The number of ether oxygens (including phenoxy) is 2. The van der Waals surface area contributed by atoms with Crippen molar-refractivity contribution in [3.05, 3.63) is 36.7 Å². The first-order chi connectivity index (χ1) is 19.4. The molecule has 1 fully saturated rings. The molecule has 41 heavy (non-hydrogen) atoms. The van der Waals surface area contributed by atoms with E-state index in [4.69, 9.17) is 35.9 Å². The van der Waals surface area contributed by atoms with E-state index in [2.05, 4.69) is 25.4 Å². The third kappa shape index (κ3) is 6.55. The molecule has 0 amide bonds. The summed E-state index contributed by atoms with van der Waals surface area (Å²) < 4.78 is 51.9. The van der Waals surface area contributed by atoms with Gasteiger partial charge in [-0.15, -0.1) is 11.6 Å². The lowest BCUT2D eigenvalue weighted by atomic mass is 10.0. The van der Waals surface area contributed by atoms with E-state index in [1.54, 1.807) is 39.1 Å². The molecule has 17 heteroatoms. The number of imidazole rings is 1. The van der Waals surface area contributed by atoms with Crippen LogP contribution in [0.25, 0.3) is 11.2 Å². The van der Waals surface area contributed by atoms with Gasteiger partial charge >= 0.3 is 13.7 Å². The largest absolute Gasteiger partial charge is 0.462 e. The highest BCUT2D eigenvalue weighted by molar-refractivity contribution is 7.52. The highest BCUT2D eigenvalue weighted by atomic mass is 35.5. The molecule has 0 saturated carbocycles. The van der Waals surface area contributed by atoms with Crippen molar-refractivity contribution in [2.24, 2.45) is 0 Å². The smallest absolute Gasteiger partial charge is 0.459 e. The van der Waals surface area contributed by atoms with Crippen LogP contribution in [0.3, 0.4) is 0 Å². The van der Waals surface area contributed by atoms with Crippen LogP contribution in [0.5, 0.6) is 5.75 Å². The number of anilines is 2. The molecule has 224 valence electrons. The number of aliphatic hydroxyl groups excluding tert-OH is 1. The first-order valence-electron chi connectivity index (χ1n) is 12.6. The van der Waals surface area contributed by atoms with E-state index in [1.807, 2.05) is 0 Å². The van der Waals surface area contributed by atoms with Gasteiger partial charge in [0.05, 0.1) is 19.0 Å². The summed E-state index contributed by atoms with van der Waals surface area (Å²) in [5.74, 6) is -0.279. The maximum atomic E-state index is 14.4. The summed E-state index contributed by atoms with van der Waals surface area (Å²) in [6.07, 6.45) is -3.37. The molecule has 4 rings (SSSR count). The van der Waals surface area contributed by atoms with Gasteiger partial charge in [-0.05, 0) is 32.9 Å². The molecule has 3 heterocycles. The molecule has 5 N–H and O–H groups in total. The number of fused-ring (bicyclic) bond motifs is 1. The van der Waals surface area contributed by atoms with Gasteiger partial charge < -0.3 is 30.2 Å². The lowest BCUT2D eigenvalue weighted by Gasteiger charge is -2.27. The van der Waals surface area contributed by atoms with Crippen LogP contribution in [-0.4, -0.2) is 80.2 Å². The Hall–Kier alpha value is -3.07. The number of nitrogen functional groups attached to an aromatic ring is 1. The molecule has 1 aromatic carbocycles. The maximum Gasteiger partial charge on any atom is 0.459 e. The van der Waals surface area contributed by atoms with Crippen molar-refractivity contribution in [3.63, 3.8) is 0 Å². The van der Waals surface area contributed by atoms with E-state index >= 15 is 0 Å². The van der Waals surface area contributed by atoms with Gasteiger partial charge in [-0.2, -0.15) is 15.1 Å². The molecule has 0 radical (unpaired) electrons. The number of halogens is 2. The fourth-order valence-corrected chi connectivity index (χ4v) is 5.96. The number of nitrogens with one attached hydrogen (secondary N) is 2. The Bertz CT molecular complexity index is 1420. The highest BCUT2D eigenvalue weighted by Crippen LogP contribution is 2.49. The number of nitrogens with zero attached hydrogens (tertiary/aromatic N) is 4. The first kappa shape index (κ1) is 30.9. The van der Waals surface area contributed by atoms with Gasteiger partial charge in [-0.1, -0.05) is 18.2 Å². The van der Waals surface area contributed by atoms with Crippen LogP contribution in [0.4, 0.5) is 16.2 Å². The second-order valence-electron chi connectivity index (χ2n) is 9.57. The summed E-state index contributed by atoms with van der Waals surface area (Å²) in [5, 5.41) is 16.4. The van der Waals surface area contributed by atoms with Crippen molar-refractivity contribution in [1.29, 1.82) is 0 Å². The topological polar surface area (TPSA) is 185 Å². The number of hydrogen-bond donors (Lipinski definition) is 4. The average Bonchev–Trinajstić information content (AvgIpc) is 3.45. The van der Waals surface area contributed by atoms with Gasteiger partial charge in [0.25, 0.3) is 0 Å². The zero-order valence-corrected chi connectivity index (χ0v) is 24.4. The molecule has 1 unspecified atom stereocenters. The fourth-order valence-electron chi connectivity index (χ4n) is 4.17. The molecular formula is C24H32ClFN7O7P. The molecule has 0 aliphatic carbocycles. The highest BCUT2D eigenvalue weighted by Gasteiger charge is 2.57. The lowest BCUT2D eigenvalue weighted by molar-refractivity contribution is -0.149. The van der Waals surface area contributed by atoms with Crippen LogP contribution >= 0.6 is 19.3 Å². The minimum Gasteiger partial charge on any atom is -0.462 e. The van der Waals surface area contributed by atoms with Gasteiger partial charge in [0, 0.05) is 7.05 Å². The van der Waals surface area contributed by atoms with Gasteiger partial charge in [0.2, 0.25) is 5.95 Å². The van der Waals surface area contributed by atoms with Gasteiger partial charge in [-0.25, -0.2) is 13.9 Å². The van der Waals surface area contributed by atoms with E-state index in [0.717, 1.165) is 0 Å². The molecule has 0 spiro atoms. The SMILES string of the molecule is CNc1nc(N)nc2c1ncn2[C@@H]1O[C@H](COP(=O)(N[C@H](C)C(=O)OC(C)C)Oc2ccccc2)[C@@H](O)[C@]1(Cl)CF. The molecule has 1 aliphatic rings. The van der Waals surface area contributed by atoms with Crippen molar-refractivity contribution in [2.45, 2.75) is 56.2 Å². The fraction of sp³-hybridized carbons (Fsp3) is 0.500. The Labute approximate surface area is 240 Å². The molecule has 2 aromatic heterocycles. The third-order valence-corrected chi connectivity index (χ3v) is 8.28. The zero-order chi connectivity index (χ0) is 29.9. The second-order valence-corrected chi connectivity index (χ2v) is 12.0. The standard InChI is InChI=1S/C24H32ClFN7O7P/c1-13(2)38-21(35)14(3)32-41(36,40-15-8-6-5-7-9-15)37-10-16-18(34)24(25,11-26)22(39-16)33-12-29-17-19(28-4)30-23(27)31-20(17)33/h5-9,12-14,16,18,22,34H,10-11H2,1-4H3,(H,32,36)(H3,27,28,30,31)/t14-,16-,18-,22-,24-,41?/m1/s1. The molecule has 6 atom stereocenters. The Morgan fingerprint density at radius 2 is 2.02 bits per heavy atom. The summed E-state index contributed by atoms with van der Waals surface area (Å²) in [5.41, 5.74) is 6.31. The first-order valence-corrected chi connectivity index (χ1v) is 14.6. The number of esters is 1. The number of carbonyl (C=O) groups is 1. The molecule has 0 bridgehead atoms. The number of aromatic nitrogens is 4. The number of rotatable bonds is 12. The van der Waals surface area contributed by atoms with Crippen LogP contribution in [0.2, 0.25) is 0 Å². The number of para-hydroxylation sites is 1. The number of carbonyl (C=O) groups excluding carboxylic acids is 1.